The van der Waals surface area contributed by atoms with E-state index in [-0.39, 0.29) is 0 Å². The number of hydrogen-bond donors (Lipinski definition) is 3. The Hall–Kier alpha value is -2.60. The second-order valence-corrected chi connectivity index (χ2v) is 6.03. The monoisotopic (exact) mass is 310 g/mol. The van der Waals surface area contributed by atoms with Crippen LogP contribution in [0.3, 0.4) is 0 Å². The summed E-state index contributed by atoms with van der Waals surface area (Å²) in [5, 5.41) is 12.3. The molecule has 0 bridgehead atoms. The lowest BCUT2D eigenvalue weighted by Crippen LogP contribution is -2.44. The highest BCUT2D eigenvalue weighted by Crippen LogP contribution is 2.40. The molecule has 2 atom stereocenters. The minimum Gasteiger partial charge on any atom is -0.380 e. The zero-order valence-electron chi connectivity index (χ0n) is 12.6. The van der Waals surface area contributed by atoms with Crippen LogP contribution in [0.25, 0.3) is 0 Å². The Morgan fingerprint density at radius 2 is 2.17 bits per heavy atom. The third kappa shape index (κ3) is 2.41. The molecule has 0 radical (unpaired) electrons. The minimum absolute atomic E-state index is 0.345. The van der Waals surface area contributed by atoms with Gasteiger partial charge in [-0.2, -0.15) is 0 Å². The van der Waals surface area contributed by atoms with E-state index in [4.69, 9.17) is 5.21 Å². The van der Waals surface area contributed by atoms with Crippen molar-refractivity contribution in [1.29, 1.82) is 0 Å². The number of amides is 1. The van der Waals surface area contributed by atoms with Gasteiger partial charge in [0.25, 0.3) is 5.91 Å². The summed E-state index contributed by atoms with van der Waals surface area (Å²) in [6, 6.07) is 12.4. The molecular weight excluding hydrogens is 292 g/mol. The SMILES string of the molecule is O=C(NO)c1ccc(N2CCC3c4ccccc4NC3C2)nc1. The molecule has 1 aromatic heterocycles. The Balaban J connectivity index is 1.50. The number of hydroxylamine groups is 1. The van der Waals surface area contributed by atoms with Crippen LogP contribution in [0.1, 0.15) is 28.3 Å². The molecule has 2 aliphatic heterocycles. The molecule has 3 heterocycles. The van der Waals surface area contributed by atoms with Gasteiger partial charge in [0, 0.05) is 30.9 Å². The van der Waals surface area contributed by atoms with E-state index in [9.17, 15) is 4.79 Å². The van der Waals surface area contributed by atoms with Gasteiger partial charge in [0.15, 0.2) is 0 Å². The van der Waals surface area contributed by atoms with E-state index in [2.05, 4.69) is 39.5 Å². The van der Waals surface area contributed by atoms with Gasteiger partial charge in [-0.1, -0.05) is 18.2 Å². The molecule has 4 rings (SSSR count). The number of piperidine rings is 1. The molecule has 118 valence electrons. The maximum absolute atomic E-state index is 11.4. The third-order valence-electron chi connectivity index (χ3n) is 4.75. The number of hydrogen-bond acceptors (Lipinski definition) is 5. The average molecular weight is 310 g/mol. The fraction of sp³-hybridized carbons (Fsp3) is 0.294. The summed E-state index contributed by atoms with van der Waals surface area (Å²) in [4.78, 5) is 17.9. The molecule has 0 spiro atoms. The predicted molar refractivity (Wildman–Crippen MR) is 86.9 cm³/mol. The molecule has 0 saturated carbocycles. The van der Waals surface area contributed by atoms with Gasteiger partial charge in [-0.3, -0.25) is 10.0 Å². The van der Waals surface area contributed by atoms with Crippen molar-refractivity contribution < 1.29 is 10.0 Å². The van der Waals surface area contributed by atoms with Crippen molar-refractivity contribution in [3.63, 3.8) is 0 Å². The minimum atomic E-state index is -0.546. The molecule has 0 aliphatic carbocycles. The van der Waals surface area contributed by atoms with E-state index in [0.29, 0.717) is 17.5 Å². The molecule has 2 aromatic rings. The number of aromatic nitrogens is 1. The van der Waals surface area contributed by atoms with Gasteiger partial charge in [-0.15, -0.1) is 0 Å². The van der Waals surface area contributed by atoms with Crippen molar-refractivity contribution in [2.45, 2.75) is 18.4 Å². The Labute approximate surface area is 134 Å². The molecule has 23 heavy (non-hydrogen) atoms. The van der Waals surface area contributed by atoms with Crippen LogP contribution >= 0.6 is 0 Å². The largest absolute Gasteiger partial charge is 0.380 e. The van der Waals surface area contributed by atoms with Crippen molar-refractivity contribution in [3.8, 4) is 0 Å². The molecule has 1 fully saturated rings. The Morgan fingerprint density at radius 3 is 2.96 bits per heavy atom. The Kier molecular flexibility index (Phi) is 3.38. The fourth-order valence-corrected chi connectivity index (χ4v) is 3.60. The summed E-state index contributed by atoms with van der Waals surface area (Å²) < 4.78 is 0. The summed E-state index contributed by atoms with van der Waals surface area (Å²) in [6.07, 6.45) is 2.57. The van der Waals surface area contributed by atoms with Gasteiger partial charge in [-0.05, 0) is 30.2 Å². The van der Waals surface area contributed by atoms with Gasteiger partial charge in [0.2, 0.25) is 0 Å². The zero-order valence-corrected chi connectivity index (χ0v) is 12.6. The standard InChI is InChI=1S/C17H18N4O2/c22-17(20-23)11-5-6-16(18-9-11)21-8-7-13-12-3-1-2-4-14(12)19-15(13)10-21/h1-6,9,13,15,19,23H,7-8,10H2,(H,20,22). The summed E-state index contributed by atoms with van der Waals surface area (Å²) in [5.41, 5.74) is 4.62. The molecule has 2 unspecified atom stereocenters. The van der Waals surface area contributed by atoms with E-state index < -0.39 is 5.91 Å². The lowest BCUT2D eigenvalue weighted by Gasteiger charge is -2.36. The lowest BCUT2D eigenvalue weighted by molar-refractivity contribution is 0.0706. The number of rotatable bonds is 2. The van der Waals surface area contributed by atoms with E-state index in [1.165, 1.54) is 17.4 Å². The maximum atomic E-state index is 11.4. The van der Waals surface area contributed by atoms with Gasteiger partial charge in [0.05, 0.1) is 11.6 Å². The summed E-state index contributed by atoms with van der Waals surface area (Å²) in [6.45, 7) is 1.83. The number of carbonyl (C=O) groups excluding carboxylic acids is 1. The number of carbonyl (C=O) groups is 1. The first-order valence-corrected chi connectivity index (χ1v) is 7.77. The first kappa shape index (κ1) is 14.0. The normalized spacial score (nSPS) is 22.0. The van der Waals surface area contributed by atoms with Crippen molar-refractivity contribution in [1.82, 2.24) is 10.5 Å². The maximum Gasteiger partial charge on any atom is 0.276 e. The highest BCUT2D eigenvalue weighted by molar-refractivity contribution is 5.93. The number of pyridine rings is 1. The van der Waals surface area contributed by atoms with Crippen LogP contribution in [0.2, 0.25) is 0 Å². The molecule has 1 amide bonds. The molecule has 1 aromatic carbocycles. The van der Waals surface area contributed by atoms with E-state index in [1.807, 2.05) is 6.07 Å². The highest BCUT2D eigenvalue weighted by atomic mass is 16.5. The van der Waals surface area contributed by atoms with Gasteiger partial charge in [-0.25, -0.2) is 10.5 Å². The average Bonchev–Trinajstić information content (AvgIpc) is 2.99. The van der Waals surface area contributed by atoms with E-state index in [1.54, 1.807) is 11.5 Å². The van der Waals surface area contributed by atoms with E-state index >= 15 is 0 Å². The number of nitrogens with zero attached hydrogens (tertiary/aromatic N) is 2. The van der Waals surface area contributed by atoms with Crippen LogP contribution < -0.4 is 15.7 Å². The Bertz CT molecular complexity index is 732. The second-order valence-electron chi connectivity index (χ2n) is 6.03. The molecular formula is C17H18N4O2. The number of fused-ring (bicyclic) bond motifs is 3. The number of benzene rings is 1. The van der Waals surface area contributed by atoms with Crippen molar-refractivity contribution in [3.05, 3.63) is 53.7 Å². The van der Waals surface area contributed by atoms with Gasteiger partial charge < -0.3 is 10.2 Å². The van der Waals surface area contributed by atoms with Crippen LogP contribution in [0, 0.1) is 0 Å². The van der Waals surface area contributed by atoms with E-state index in [0.717, 1.165) is 25.3 Å². The van der Waals surface area contributed by atoms with Crippen LogP contribution in [0.5, 0.6) is 0 Å². The molecule has 6 nitrogen and oxygen atoms in total. The quantitative estimate of drug-likeness (QED) is 0.584. The van der Waals surface area contributed by atoms with Gasteiger partial charge in [0.1, 0.15) is 5.82 Å². The Morgan fingerprint density at radius 1 is 1.30 bits per heavy atom. The third-order valence-corrected chi connectivity index (χ3v) is 4.75. The van der Waals surface area contributed by atoms with Crippen molar-refractivity contribution in [2.75, 3.05) is 23.3 Å². The van der Waals surface area contributed by atoms with Crippen LogP contribution in [-0.4, -0.2) is 35.2 Å². The van der Waals surface area contributed by atoms with Crippen LogP contribution in [0.4, 0.5) is 11.5 Å². The molecule has 1 saturated heterocycles. The van der Waals surface area contributed by atoms with Crippen LogP contribution in [0.15, 0.2) is 42.6 Å². The second kappa shape index (κ2) is 5.55. The molecule has 2 aliphatic rings. The topological polar surface area (TPSA) is 77.5 Å². The summed E-state index contributed by atoms with van der Waals surface area (Å²) >= 11 is 0. The summed E-state index contributed by atoms with van der Waals surface area (Å²) in [5.74, 6) is 0.869. The zero-order chi connectivity index (χ0) is 15.8. The first-order valence-electron chi connectivity index (χ1n) is 7.77. The highest BCUT2D eigenvalue weighted by Gasteiger charge is 2.36. The number of anilines is 2. The lowest BCUT2D eigenvalue weighted by atomic mass is 9.88. The number of para-hydroxylation sites is 1. The summed E-state index contributed by atoms with van der Waals surface area (Å²) in [7, 11) is 0. The smallest absolute Gasteiger partial charge is 0.276 e. The van der Waals surface area contributed by atoms with Crippen LogP contribution in [-0.2, 0) is 0 Å². The van der Waals surface area contributed by atoms with Crippen molar-refractivity contribution in [2.24, 2.45) is 0 Å². The number of nitrogens with one attached hydrogen (secondary N) is 2. The molecule has 6 heteroatoms. The first-order chi connectivity index (χ1) is 11.3. The predicted octanol–water partition coefficient (Wildman–Crippen LogP) is 1.99. The molecule has 3 N–H and O–H groups in total. The fourth-order valence-electron chi connectivity index (χ4n) is 3.60. The van der Waals surface area contributed by atoms with Crippen molar-refractivity contribution >= 4 is 17.4 Å². The van der Waals surface area contributed by atoms with Gasteiger partial charge >= 0.3 is 0 Å².